The highest BCUT2D eigenvalue weighted by atomic mass is 16.2. The van der Waals surface area contributed by atoms with Gasteiger partial charge in [-0.3, -0.25) is 4.79 Å². The highest BCUT2D eigenvalue weighted by Gasteiger charge is 2.24. The van der Waals surface area contributed by atoms with Crippen LogP contribution in [0.15, 0.2) is 0 Å². The first kappa shape index (κ1) is 17.1. The van der Waals surface area contributed by atoms with Crippen LogP contribution in [0.2, 0.25) is 0 Å². The third-order valence-electron chi connectivity index (χ3n) is 5.02. The van der Waals surface area contributed by atoms with Gasteiger partial charge in [0.05, 0.1) is 0 Å². The van der Waals surface area contributed by atoms with E-state index in [-0.39, 0.29) is 18.0 Å². The van der Waals surface area contributed by atoms with Crippen molar-refractivity contribution in [1.29, 1.82) is 0 Å². The van der Waals surface area contributed by atoms with Crippen LogP contribution in [-0.4, -0.2) is 55.0 Å². The predicted molar refractivity (Wildman–Crippen MR) is 87.6 cm³/mol. The van der Waals surface area contributed by atoms with Crippen LogP contribution < -0.4 is 5.32 Å². The average molecular weight is 309 g/mol. The van der Waals surface area contributed by atoms with E-state index in [0.717, 1.165) is 38.3 Å². The molecule has 5 heteroatoms. The summed E-state index contributed by atoms with van der Waals surface area (Å²) in [5, 5.41) is 3.16. The van der Waals surface area contributed by atoms with Gasteiger partial charge in [0.1, 0.15) is 0 Å². The van der Waals surface area contributed by atoms with Crippen molar-refractivity contribution >= 4 is 11.9 Å². The molecule has 1 saturated heterocycles. The molecule has 126 valence electrons. The Labute approximate surface area is 134 Å². The average Bonchev–Trinajstić information content (AvgIpc) is 2.54. The molecule has 1 aliphatic carbocycles. The highest BCUT2D eigenvalue weighted by Crippen LogP contribution is 2.27. The molecule has 2 aliphatic rings. The van der Waals surface area contributed by atoms with Crippen molar-refractivity contribution in [2.24, 2.45) is 5.92 Å². The van der Waals surface area contributed by atoms with Gasteiger partial charge in [-0.1, -0.05) is 32.1 Å². The second-order valence-corrected chi connectivity index (χ2v) is 7.05. The fourth-order valence-corrected chi connectivity index (χ4v) is 3.61. The number of likely N-dealkylation sites (tertiary alicyclic amines) is 1. The van der Waals surface area contributed by atoms with Gasteiger partial charge in [-0.25, -0.2) is 4.79 Å². The third-order valence-corrected chi connectivity index (χ3v) is 5.02. The molecule has 1 saturated carbocycles. The SMILES string of the molecule is CN(C)C(=O)N1CCC(NC(=O)CCC2CCCCC2)CC1. The van der Waals surface area contributed by atoms with Crippen molar-refractivity contribution in [3.05, 3.63) is 0 Å². The largest absolute Gasteiger partial charge is 0.353 e. The van der Waals surface area contributed by atoms with Gasteiger partial charge in [0, 0.05) is 39.6 Å². The van der Waals surface area contributed by atoms with Gasteiger partial charge in [-0.15, -0.1) is 0 Å². The second kappa shape index (κ2) is 8.39. The summed E-state index contributed by atoms with van der Waals surface area (Å²) in [6.07, 6.45) is 10.1. The zero-order valence-electron chi connectivity index (χ0n) is 14.1. The smallest absolute Gasteiger partial charge is 0.319 e. The molecule has 1 N–H and O–H groups in total. The van der Waals surface area contributed by atoms with Crippen LogP contribution in [0, 0.1) is 5.92 Å². The Hall–Kier alpha value is -1.26. The number of nitrogens with zero attached hydrogens (tertiary/aromatic N) is 2. The molecule has 2 rings (SSSR count). The molecule has 2 fully saturated rings. The van der Waals surface area contributed by atoms with E-state index in [1.54, 1.807) is 19.0 Å². The number of rotatable bonds is 4. The lowest BCUT2D eigenvalue weighted by Crippen LogP contribution is -2.49. The summed E-state index contributed by atoms with van der Waals surface area (Å²) in [5.41, 5.74) is 0. The Morgan fingerprint density at radius 2 is 1.68 bits per heavy atom. The van der Waals surface area contributed by atoms with Crippen LogP contribution in [0.3, 0.4) is 0 Å². The summed E-state index contributed by atoms with van der Waals surface area (Å²) in [6, 6.07) is 0.312. The van der Waals surface area contributed by atoms with Gasteiger partial charge in [0.15, 0.2) is 0 Å². The number of nitrogens with one attached hydrogen (secondary N) is 1. The first-order valence-corrected chi connectivity index (χ1v) is 8.82. The van der Waals surface area contributed by atoms with E-state index in [1.807, 2.05) is 4.90 Å². The maximum atomic E-state index is 12.1. The number of piperidine rings is 1. The zero-order valence-corrected chi connectivity index (χ0v) is 14.1. The van der Waals surface area contributed by atoms with Gasteiger partial charge >= 0.3 is 6.03 Å². The van der Waals surface area contributed by atoms with Crippen LogP contribution in [0.4, 0.5) is 4.79 Å². The fraction of sp³-hybridized carbons (Fsp3) is 0.882. The third kappa shape index (κ3) is 5.18. The number of carbonyl (C=O) groups excluding carboxylic acids is 2. The molecule has 0 spiro atoms. The molecular weight excluding hydrogens is 278 g/mol. The number of hydrogen-bond donors (Lipinski definition) is 1. The lowest BCUT2D eigenvalue weighted by molar-refractivity contribution is -0.122. The number of urea groups is 1. The van der Waals surface area contributed by atoms with E-state index in [2.05, 4.69) is 5.32 Å². The molecule has 0 bridgehead atoms. The molecular formula is C17H31N3O2. The normalized spacial score (nSPS) is 20.7. The van der Waals surface area contributed by atoms with Crippen molar-refractivity contribution < 1.29 is 9.59 Å². The Balaban J connectivity index is 1.63. The first-order chi connectivity index (χ1) is 10.6. The van der Waals surface area contributed by atoms with Crippen molar-refractivity contribution in [2.75, 3.05) is 27.2 Å². The summed E-state index contributed by atoms with van der Waals surface area (Å²) >= 11 is 0. The lowest BCUT2D eigenvalue weighted by Gasteiger charge is -2.34. The summed E-state index contributed by atoms with van der Waals surface area (Å²) in [5.74, 6) is 0.960. The molecule has 0 radical (unpaired) electrons. The van der Waals surface area contributed by atoms with Gasteiger partial charge in [0.2, 0.25) is 5.91 Å². The maximum Gasteiger partial charge on any atom is 0.319 e. The summed E-state index contributed by atoms with van der Waals surface area (Å²) in [6.45, 7) is 1.48. The summed E-state index contributed by atoms with van der Waals surface area (Å²) < 4.78 is 0. The van der Waals surface area contributed by atoms with E-state index in [4.69, 9.17) is 0 Å². The Bertz CT molecular complexity index is 370. The highest BCUT2D eigenvalue weighted by molar-refractivity contribution is 5.76. The van der Waals surface area contributed by atoms with Crippen LogP contribution in [-0.2, 0) is 4.79 Å². The molecule has 0 unspecified atom stereocenters. The lowest BCUT2D eigenvalue weighted by atomic mass is 9.86. The monoisotopic (exact) mass is 309 g/mol. The minimum Gasteiger partial charge on any atom is -0.353 e. The van der Waals surface area contributed by atoms with Crippen molar-refractivity contribution in [3.8, 4) is 0 Å². The number of carbonyl (C=O) groups is 2. The minimum atomic E-state index is 0.0714. The van der Waals surface area contributed by atoms with E-state index in [1.165, 1.54) is 32.1 Å². The van der Waals surface area contributed by atoms with E-state index in [0.29, 0.717) is 6.42 Å². The van der Waals surface area contributed by atoms with E-state index >= 15 is 0 Å². The fourth-order valence-electron chi connectivity index (χ4n) is 3.61. The van der Waals surface area contributed by atoms with Crippen molar-refractivity contribution in [3.63, 3.8) is 0 Å². The van der Waals surface area contributed by atoms with Crippen molar-refractivity contribution in [1.82, 2.24) is 15.1 Å². The molecule has 1 heterocycles. The maximum absolute atomic E-state index is 12.1. The molecule has 3 amide bonds. The minimum absolute atomic E-state index is 0.0714. The van der Waals surface area contributed by atoms with E-state index in [9.17, 15) is 9.59 Å². The molecule has 0 atom stereocenters. The standard InChI is InChI=1S/C17H31N3O2/c1-19(2)17(22)20-12-10-15(11-13-20)18-16(21)9-8-14-6-4-3-5-7-14/h14-15H,3-13H2,1-2H3,(H,18,21). The van der Waals surface area contributed by atoms with Crippen LogP contribution >= 0.6 is 0 Å². The molecule has 22 heavy (non-hydrogen) atoms. The molecule has 1 aliphatic heterocycles. The van der Waals surface area contributed by atoms with E-state index < -0.39 is 0 Å². The van der Waals surface area contributed by atoms with Gasteiger partial charge in [0.25, 0.3) is 0 Å². The Morgan fingerprint density at radius 1 is 1.05 bits per heavy atom. The molecule has 0 aromatic heterocycles. The first-order valence-electron chi connectivity index (χ1n) is 8.82. The van der Waals surface area contributed by atoms with Gasteiger partial charge < -0.3 is 15.1 Å². The predicted octanol–water partition coefficient (Wildman–Crippen LogP) is 2.61. The Kier molecular flexibility index (Phi) is 6.52. The topological polar surface area (TPSA) is 52.7 Å². The van der Waals surface area contributed by atoms with Crippen LogP contribution in [0.1, 0.15) is 57.8 Å². The zero-order chi connectivity index (χ0) is 15.9. The molecule has 0 aromatic carbocycles. The van der Waals surface area contributed by atoms with Crippen LogP contribution in [0.25, 0.3) is 0 Å². The molecule has 0 aromatic rings. The molecule has 5 nitrogen and oxygen atoms in total. The summed E-state index contributed by atoms with van der Waals surface area (Å²) in [4.78, 5) is 27.4. The number of hydrogen-bond acceptors (Lipinski definition) is 2. The summed E-state index contributed by atoms with van der Waals surface area (Å²) in [7, 11) is 3.56. The number of amides is 3. The Morgan fingerprint density at radius 3 is 2.27 bits per heavy atom. The van der Waals surface area contributed by atoms with Gasteiger partial charge in [-0.05, 0) is 25.2 Å². The van der Waals surface area contributed by atoms with Crippen LogP contribution in [0.5, 0.6) is 0 Å². The quantitative estimate of drug-likeness (QED) is 0.868. The van der Waals surface area contributed by atoms with Crippen molar-refractivity contribution in [2.45, 2.75) is 63.8 Å². The van der Waals surface area contributed by atoms with Gasteiger partial charge in [-0.2, -0.15) is 0 Å². The second-order valence-electron chi connectivity index (χ2n) is 7.05.